The minimum atomic E-state index is -0.807. The third kappa shape index (κ3) is 6.02. The van der Waals surface area contributed by atoms with Crippen molar-refractivity contribution in [3.8, 4) is 0 Å². The van der Waals surface area contributed by atoms with Crippen molar-refractivity contribution in [2.75, 3.05) is 0 Å². The summed E-state index contributed by atoms with van der Waals surface area (Å²) in [6, 6.07) is 3.18. The number of benzene rings is 1. The fourth-order valence-corrected chi connectivity index (χ4v) is 3.48. The molecular weight excluding hydrogens is 342 g/mol. The summed E-state index contributed by atoms with van der Waals surface area (Å²) in [5.41, 5.74) is 0.349. The minimum Gasteiger partial charge on any atom is -0.481 e. The van der Waals surface area contributed by atoms with E-state index in [9.17, 15) is 23.5 Å². The van der Waals surface area contributed by atoms with E-state index in [0.717, 1.165) is 25.3 Å². The molecule has 0 radical (unpaired) electrons. The smallest absolute Gasteiger partial charge is 0.303 e. The number of hydrogen-bond donors (Lipinski definition) is 2. The number of aliphatic hydroxyl groups excluding tert-OH is 1. The van der Waals surface area contributed by atoms with Crippen molar-refractivity contribution in [2.45, 2.75) is 51.0 Å². The standard InChI is InChI=1S/C20H24F2O4/c21-14-9-13(10-15(22)11-14)7-8-17-16(18(23)12-19(17)24)5-3-1-2-4-6-20(25)26/h7-11,16-17,19,24H,1-6,12H2,(H,25,26). The fourth-order valence-electron chi connectivity index (χ4n) is 3.48. The summed E-state index contributed by atoms with van der Waals surface area (Å²) in [5, 5.41) is 18.7. The number of aliphatic carboxylic acids is 1. The summed E-state index contributed by atoms with van der Waals surface area (Å²) in [7, 11) is 0. The Morgan fingerprint density at radius 1 is 1.12 bits per heavy atom. The lowest BCUT2D eigenvalue weighted by atomic mass is 9.88. The van der Waals surface area contributed by atoms with Crippen molar-refractivity contribution < 1.29 is 28.6 Å². The summed E-state index contributed by atoms with van der Waals surface area (Å²) < 4.78 is 26.5. The lowest BCUT2D eigenvalue weighted by Crippen LogP contribution is -2.18. The molecule has 1 saturated carbocycles. The van der Waals surface area contributed by atoms with Crippen molar-refractivity contribution in [3.63, 3.8) is 0 Å². The van der Waals surface area contributed by atoms with Gasteiger partial charge in [-0.15, -0.1) is 0 Å². The maximum Gasteiger partial charge on any atom is 0.303 e. The average Bonchev–Trinajstić information content (AvgIpc) is 2.81. The molecule has 0 spiro atoms. The van der Waals surface area contributed by atoms with Gasteiger partial charge in [0.05, 0.1) is 6.10 Å². The minimum absolute atomic E-state index is 0.00288. The van der Waals surface area contributed by atoms with Gasteiger partial charge in [0.15, 0.2) is 0 Å². The summed E-state index contributed by atoms with van der Waals surface area (Å²) >= 11 is 0. The number of hydrogen-bond acceptors (Lipinski definition) is 3. The van der Waals surface area contributed by atoms with Gasteiger partial charge in [0.1, 0.15) is 17.4 Å². The molecule has 4 nitrogen and oxygen atoms in total. The highest BCUT2D eigenvalue weighted by Gasteiger charge is 2.39. The number of carbonyl (C=O) groups is 2. The van der Waals surface area contributed by atoms with Gasteiger partial charge >= 0.3 is 5.97 Å². The molecule has 2 rings (SSSR count). The summed E-state index contributed by atoms with van der Waals surface area (Å²) in [5.74, 6) is -2.83. The van der Waals surface area contributed by atoms with E-state index in [0.29, 0.717) is 18.4 Å². The van der Waals surface area contributed by atoms with Gasteiger partial charge in [0.25, 0.3) is 0 Å². The van der Waals surface area contributed by atoms with Gasteiger partial charge in [-0.25, -0.2) is 8.78 Å². The number of rotatable bonds is 9. The third-order valence-corrected chi connectivity index (χ3v) is 4.78. The molecule has 6 heteroatoms. The SMILES string of the molecule is O=C(O)CCCCCCC1C(=O)CC(O)C1C=Cc1cc(F)cc(F)c1. The van der Waals surface area contributed by atoms with Gasteiger partial charge in [-0.1, -0.05) is 31.4 Å². The second kappa shape index (κ2) is 9.57. The van der Waals surface area contributed by atoms with Crippen LogP contribution in [0.3, 0.4) is 0 Å². The normalized spacial score (nSPS) is 23.0. The average molecular weight is 366 g/mol. The Labute approximate surface area is 151 Å². The first-order valence-electron chi connectivity index (χ1n) is 8.93. The number of carboxylic acid groups (broad SMARTS) is 1. The first kappa shape index (κ1) is 20.2. The van der Waals surface area contributed by atoms with Crippen molar-refractivity contribution in [1.82, 2.24) is 0 Å². The number of ketones is 1. The summed E-state index contributed by atoms with van der Waals surface area (Å²) in [4.78, 5) is 22.6. The van der Waals surface area contributed by atoms with Gasteiger partial charge < -0.3 is 10.2 Å². The first-order chi connectivity index (χ1) is 12.4. The Morgan fingerprint density at radius 3 is 2.42 bits per heavy atom. The Bertz CT molecular complexity index is 652. The second-order valence-electron chi connectivity index (χ2n) is 6.83. The van der Waals surface area contributed by atoms with Crippen LogP contribution >= 0.6 is 0 Å². The molecule has 142 valence electrons. The van der Waals surface area contributed by atoms with Crippen LogP contribution in [0.2, 0.25) is 0 Å². The highest BCUT2D eigenvalue weighted by atomic mass is 19.1. The molecule has 0 saturated heterocycles. The van der Waals surface area contributed by atoms with E-state index in [-0.39, 0.29) is 30.5 Å². The van der Waals surface area contributed by atoms with E-state index < -0.39 is 23.7 Å². The maximum absolute atomic E-state index is 13.2. The van der Waals surface area contributed by atoms with E-state index in [1.165, 1.54) is 12.1 Å². The van der Waals surface area contributed by atoms with Crippen LogP contribution in [0.5, 0.6) is 0 Å². The van der Waals surface area contributed by atoms with Crippen LogP contribution in [0.4, 0.5) is 8.78 Å². The molecular formula is C20H24F2O4. The second-order valence-corrected chi connectivity index (χ2v) is 6.83. The van der Waals surface area contributed by atoms with E-state index in [4.69, 9.17) is 5.11 Å². The number of halogens is 2. The Kier molecular flexibility index (Phi) is 7.45. The largest absolute Gasteiger partial charge is 0.481 e. The van der Waals surface area contributed by atoms with Crippen molar-refractivity contribution in [3.05, 3.63) is 41.5 Å². The van der Waals surface area contributed by atoms with Gasteiger partial charge in [-0.05, 0) is 30.5 Å². The third-order valence-electron chi connectivity index (χ3n) is 4.78. The number of Topliss-reactive ketones (excluding diaryl/α,β-unsaturated/α-hetero) is 1. The van der Waals surface area contributed by atoms with E-state index >= 15 is 0 Å². The zero-order chi connectivity index (χ0) is 19.1. The highest BCUT2D eigenvalue weighted by molar-refractivity contribution is 5.84. The van der Waals surface area contributed by atoms with Crippen LogP contribution in [0.25, 0.3) is 6.08 Å². The molecule has 1 fully saturated rings. The number of unbranched alkanes of at least 4 members (excludes halogenated alkanes) is 3. The lowest BCUT2D eigenvalue weighted by molar-refractivity contribution is -0.137. The molecule has 1 aliphatic rings. The molecule has 1 aliphatic carbocycles. The Hall–Kier alpha value is -2.08. The predicted octanol–water partition coefficient (Wildman–Crippen LogP) is 3.97. The van der Waals surface area contributed by atoms with Gasteiger partial charge in [-0.2, -0.15) is 0 Å². The van der Waals surface area contributed by atoms with Crippen LogP contribution in [0.1, 0.15) is 50.5 Å². The molecule has 2 N–H and O–H groups in total. The maximum atomic E-state index is 13.2. The zero-order valence-corrected chi connectivity index (χ0v) is 14.5. The van der Waals surface area contributed by atoms with Gasteiger partial charge in [-0.3, -0.25) is 9.59 Å². The molecule has 1 aromatic carbocycles. The molecule has 0 aliphatic heterocycles. The zero-order valence-electron chi connectivity index (χ0n) is 14.5. The molecule has 1 aromatic rings. The van der Waals surface area contributed by atoms with Crippen molar-refractivity contribution in [1.29, 1.82) is 0 Å². The predicted molar refractivity (Wildman–Crippen MR) is 93.3 cm³/mol. The Morgan fingerprint density at radius 2 is 1.77 bits per heavy atom. The molecule has 0 bridgehead atoms. The first-order valence-corrected chi connectivity index (χ1v) is 8.93. The van der Waals surface area contributed by atoms with Crippen LogP contribution in [0, 0.1) is 23.5 Å². The molecule has 0 aromatic heterocycles. The van der Waals surface area contributed by atoms with E-state index in [1.807, 2.05) is 0 Å². The highest BCUT2D eigenvalue weighted by Crippen LogP contribution is 2.34. The van der Waals surface area contributed by atoms with Crippen LogP contribution < -0.4 is 0 Å². The van der Waals surface area contributed by atoms with Gasteiger partial charge in [0.2, 0.25) is 0 Å². The monoisotopic (exact) mass is 366 g/mol. The molecule has 3 unspecified atom stereocenters. The van der Waals surface area contributed by atoms with Gasteiger partial charge in [0, 0.05) is 30.7 Å². The van der Waals surface area contributed by atoms with E-state index in [1.54, 1.807) is 12.2 Å². The van der Waals surface area contributed by atoms with Crippen molar-refractivity contribution in [2.24, 2.45) is 11.8 Å². The fraction of sp³-hybridized carbons (Fsp3) is 0.500. The number of carbonyl (C=O) groups excluding carboxylic acids is 1. The molecule has 26 heavy (non-hydrogen) atoms. The number of aliphatic hydroxyl groups is 1. The van der Waals surface area contributed by atoms with Crippen LogP contribution in [-0.4, -0.2) is 28.1 Å². The topological polar surface area (TPSA) is 74.6 Å². The Balaban J connectivity index is 1.91. The summed E-state index contributed by atoms with van der Waals surface area (Å²) in [6.07, 6.45) is 6.30. The number of carboxylic acids is 1. The van der Waals surface area contributed by atoms with Crippen LogP contribution in [0.15, 0.2) is 24.3 Å². The quantitative estimate of drug-likeness (QED) is 0.649. The lowest BCUT2D eigenvalue weighted by Gasteiger charge is -2.17. The van der Waals surface area contributed by atoms with E-state index in [2.05, 4.69) is 0 Å². The molecule has 0 amide bonds. The van der Waals surface area contributed by atoms with Crippen LogP contribution in [-0.2, 0) is 9.59 Å². The summed E-state index contributed by atoms with van der Waals surface area (Å²) in [6.45, 7) is 0. The van der Waals surface area contributed by atoms with Crippen molar-refractivity contribution >= 4 is 17.8 Å². The molecule has 0 heterocycles. The molecule has 3 atom stereocenters.